The molecule has 1 aromatic rings. The number of hydrogen-bond acceptors (Lipinski definition) is 3. The molecule has 1 aliphatic heterocycles. The van der Waals surface area contributed by atoms with Gasteiger partial charge in [-0.1, -0.05) is 18.2 Å². The highest BCUT2D eigenvalue weighted by Crippen LogP contribution is 2.11. The summed E-state index contributed by atoms with van der Waals surface area (Å²) in [6, 6.07) is 8.95. The number of rotatable bonds is 2. The summed E-state index contributed by atoms with van der Waals surface area (Å²) in [6.07, 6.45) is 1.47. The number of carbonyl (C=O) groups is 2. The first-order valence-electron chi connectivity index (χ1n) is 4.51. The first kappa shape index (κ1) is 9.45. The number of esters is 1. The number of anilines is 1. The Balaban J connectivity index is 2.08. The molecule has 0 unspecified atom stereocenters. The zero-order valence-electron chi connectivity index (χ0n) is 7.90. The number of para-hydroxylation sites is 1. The maximum absolute atomic E-state index is 11.5. The number of amides is 1. The lowest BCUT2D eigenvalue weighted by Gasteiger charge is -2.03. The maximum Gasteiger partial charge on any atom is 0.343 e. The Morgan fingerprint density at radius 2 is 2.00 bits per heavy atom. The van der Waals surface area contributed by atoms with E-state index in [2.05, 4.69) is 10.1 Å². The second-order valence-corrected chi connectivity index (χ2v) is 3.04. The Morgan fingerprint density at radius 3 is 2.60 bits per heavy atom. The molecule has 0 fully saturated rings. The van der Waals surface area contributed by atoms with Gasteiger partial charge in [0.25, 0.3) is 5.91 Å². The van der Waals surface area contributed by atoms with Crippen molar-refractivity contribution in [2.45, 2.75) is 0 Å². The van der Waals surface area contributed by atoms with Crippen LogP contribution in [0.1, 0.15) is 0 Å². The van der Waals surface area contributed by atoms with E-state index in [1.807, 2.05) is 6.07 Å². The van der Waals surface area contributed by atoms with Crippen LogP contribution in [0.5, 0.6) is 0 Å². The molecule has 0 saturated heterocycles. The minimum absolute atomic E-state index is 0.0684. The van der Waals surface area contributed by atoms with Crippen molar-refractivity contribution in [2.75, 3.05) is 11.9 Å². The molecule has 4 heteroatoms. The van der Waals surface area contributed by atoms with Crippen LogP contribution in [0.3, 0.4) is 0 Å². The van der Waals surface area contributed by atoms with Crippen molar-refractivity contribution in [1.82, 2.24) is 0 Å². The summed E-state index contributed by atoms with van der Waals surface area (Å²) < 4.78 is 4.63. The first-order chi connectivity index (χ1) is 7.27. The average molecular weight is 203 g/mol. The second-order valence-electron chi connectivity index (χ2n) is 3.04. The molecule has 1 aromatic carbocycles. The lowest BCUT2D eigenvalue weighted by atomic mass is 10.2. The Bertz CT molecular complexity index is 423. The maximum atomic E-state index is 11.5. The number of nitrogens with one attached hydrogen (secondary N) is 1. The molecule has 4 nitrogen and oxygen atoms in total. The van der Waals surface area contributed by atoms with Gasteiger partial charge in [0.05, 0.1) is 0 Å². The predicted octanol–water partition coefficient (Wildman–Crippen LogP) is 1.11. The molecule has 76 valence electrons. The molecule has 0 saturated carbocycles. The summed E-state index contributed by atoms with van der Waals surface area (Å²) in [6.45, 7) is 0.177. The van der Waals surface area contributed by atoms with Gasteiger partial charge in [0.1, 0.15) is 12.2 Å². The molecule has 1 amide bonds. The number of cyclic esters (lactones) is 1. The van der Waals surface area contributed by atoms with Crippen molar-refractivity contribution in [3.63, 3.8) is 0 Å². The van der Waals surface area contributed by atoms with E-state index in [0.717, 1.165) is 0 Å². The van der Waals surface area contributed by atoms with E-state index in [4.69, 9.17) is 0 Å². The normalized spacial score (nSPS) is 14.4. The van der Waals surface area contributed by atoms with Gasteiger partial charge in [-0.15, -0.1) is 0 Å². The topological polar surface area (TPSA) is 55.4 Å². The molecule has 0 radical (unpaired) electrons. The van der Waals surface area contributed by atoms with E-state index in [9.17, 15) is 9.59 Å². The van der Waals surface area contributed by atoms with Crippen molar-refractivity contribution in [2.24, 2.45) is 0 Å². The molecular weight excluding hydrogens is 194 g/mol. The van der Waals surface area contributed by atoms with E-state index in [1.54, 1.807) is 24.3 Å². The molecule has 2 rings (SSSR count). The van der Waals surface area contributed by atoms with Gasteiger partial charge in [0, 0.05) is 5.69 Å². The number of carbonyl (C=O) groups excluding carboxylic acids is 2. The van der Waals surface area contributed by atoms with Crippen LogP contribution in [0.25, 0.3) is 0 Å². The zero-order chi connectivity index (χ0) is 10.7. The highest BCUT2D eigenvalue weighted by Gasteiger charge is 2.23. The highest BCUT2D eigenvalue weighted by molar-refractivity contribution is 6.21. The van der Waals surface area contributed by atoms with Crippen molar-refractivity contribution < 1.29 is 14.3 Å². The van der Waals surface area contributed by atoms with E-state index >= 15 is 0 Å². The summed E-state index contributed by atoms with van der Waals surface area (Å²) in [7, 11) is 0. The summed E-state index contributed by atoms with van der Waals surface area (Å²) in [5, 5.41) is 2.61. The van der Waals surface area contributed by atoms with Crippen molar-refractivity contribution in [1.29, 1.82) is 0 Å². The third-order valence-electron chi connectivity index (χ3n) is 2.00. The minimum Gasteiger partial charge on any atom is -0.458 e. The van der Waals surface area contributed by atoms with Crippen molar-refractivity contribution in [3.8, 4) is 0 Å². The van der Waals surface area contributed by atoms with E-state index < -0.39 is 11.9 Å². The largest absolute Gasteiger partial charge is 0.458 e. The predicted molar refractivity (Wildman–Crippen MR) is 54.1 cm³/mol. The molecule has 0 atom stereocenters. The van der Waals surface area contributed by atoms with Gasteiger partial charge in [-0.2, -0.15) is 0 Å². The summed E-state index contributed by atoms with van der Waals surface area (Å²) in [5.74, 6) is -0.993. The fraction of sp³-hybridized carbons (Fsp3) is 0.0909. The third-order valence-corrected chi connectivity index (χ3v) is 2.00. The molecule has 0 spiro atoms. The Morgan fingerprint density at radius 1 is 1.27 bits per heavy atom. The van der Waals surface area contributed by atoms with Gasteiger partial charge in [-0.3, -0.25) is 4.79 Å². The van der Waals surface area contributed by atoms with E-state index in [1.165, 1.54) is 6.08 Å². The smallest absolute Gasteiger partial charge is 0.343 e. The van der Waals surface area contributed by atoms with E-state index in [0.29, 0.717) is 5.69 Å². The van der Waals surface area contributed by atoms with Gasteiger partial charge < -0.3 is 10.1 Å². The van der Waals surface area contributed by atoms with Gasteiger partial charge in [0.15, 0.2) is 0 Å². The molecule has 1 heterocycles. The lowest BCUT2D eigenvalue weighted by molar-refractivity contribution is -0.137. The third kappa shape index (κ3) is 2.04. The molecule has 15 heavy (non-hydrogen) atoms. The summed E-state index contributed by atoms with van der Waals surface area (Å²) in [4.78, 5) is 22.6. The molecule has 1 N–H and O–H groups in total. The van der Waals surface area contributed by atoms with Gasteiger partial charge in [-0.25, -0.2) is 4.79 Å². The zero-order valence-corrected chi connectivity index (χ0v) is 7.90. The van der Waals surface area contributed by atoms with Crippen LogP contribution in [0, 0.1) is 0 Å². The van der Waals surface area contributed by atoms with Crippen molar-refractivity contribution in [3.05, 3.63) is 42.0 Å². The summed E-state index contributed by atoms with van der Waals surface area (Å²) in [5.41, 5.74) is 0.724. The van der Waals surface area contributed by atoms with Crippen LogP contribution in [0.2, 0.25) is 0 Å². The molecular formula is C11H9NO3. The van der Waals surface area contributed by atoms with Crippen LogP contribution >= 0.6 is 0 Å². The first-order valence-corrected chi connectivity index (χ1v) is 4.51. The Hall–Kier alpha value is -2.10. The SMILES string of the molecule is O=C(Nc1ccccc1)C1=CCOC1=O. The second kappa shape index (κ2) is 3.96. The molecule has 0 aliphatic carbocycles. The Labute approximate surface area is 86.5 Å². The molecule has 0 bridgehead atoms. The van der Waals surface area contributed by atoms with Gasteiger partial charge in [-0.05, 0) is 18.2 Å². The Kier molecular flexibility index (Phi) is 2.49. The molecule has 1 aliphatic rings. The minimum atomic E-state index is -0.566. The van der Waals surface area contributed by atoms with Crippen LogP contribution < -0.4 is 5.32 Å². The fourth-order valence-electron chi connectivity index (χ4n) is 1.27. The number of ether oxygens (including phenoxy) is 1. The average Bonchev–Trinajstić information content (AvgIpc) is 2.66. The van der Waals surface area contributed by atoms with Crippen LogP contribution in [-0.2, 0) is 14.3 Å². The van der Waals surface area contributed by atoms with Gasteiger partial charge >= 0.3 is 5.97 Å². The molecule has 0 aromatic heterocycles. The quantitative estimate of drug-likeness (QED) is 0.578. The fourth-order valence-corrected chi connectivity index (χ4v) is 1.27. The van der Waals surface area contributed by atoms with Crippen molar-refractivity contribution >= 4 is 17.6 Å². The standard InChI is InChI=1S/C11H9NO3/c13-10(9-6-7-15-11(9)14)12-8-4-2-1-3-5-8/h1-6H,7H2,(H,12,13). The number of benzene rings is 1. The highest BCUT2D eigenvalue weighted by atomic mass is 16.5. The lowest BCUT2D eigenvalue weighted by Crippen LogP contribution is -2.18. The van der Waals surface area contributed by atoms with E-state index in [-0.39, 0.29) is 12.2 Å². The van der Waals surface area contributed by atoms with Gasteiger partial charge in [0.2, 0.25) is 0 Å². The van der Waals surface area contributed by atoms with Crippen LogP contribution in [0.15, 0.2) is 42.0 Å². The summed E-state index contributed by atoms with van der Waals surface area (Å²) >= 11 is 0. The van der Waals surface area contributed by atoms with Crippen LogP contribution in [-0.4, -0.2) is 18.5 Å². The monoisotopic (exact) mass is 203 g/mol. The number of hydrogen-bond donors (Lipinski definition) is 1. The van der Waals surface area contributed by atoms with Crippen LogP contribution in [0.4, 0.5) is 5.69 Å².